The summed E-state index contributed by atoms with van der Waals surface area (Å²) in [6.07, 6.45) is -0.173. The van der Waals surface area contributed by atoms with Crippen LogP contribution in [-0.2, 0) is 0 Å². The lowest BCUT2D eigenvalue weighted by atomic mass is 9.97. The highest BCUT2D eigenvalue weighted by Gasteiger charge is 2.23. The van der Waals surface area contributed by atoms with Crippen LogP contribution in [0.3, 0.4) is 0 Å². The molecule has 1 aromatic rings. The first-order valence-corrected chi connectivity index (χ1v) is 4.27. The summed E-state index contributed by atoms with van der Waals surface area (Å²) in [5.41, 5.74) is -1.06. The van der Waals surface area contributed by atoms with Gasteiger partial charge in [0.25, 0.3) is 0 Å². The molecule has 0 aliphatic heterocycles. The van der Waals surface area contributed by atoms with Gasteiger partial charge in [0.1, 0.15) is 0 Å². The molecule has 0 radical (unpaired) electrons. The van der Waals surface area contributed by atoms with Gasteiger partial charge in [0.2, 0.25) is 0 Å². The average Bonchev–Trinajstić information content (AvgIpc) is 2.19. The third-order valence-electron chi connectivity index (χ3n) is 1.84. The number of rotatable bonds is 3. The van der Waals surface area contributed by atoms with E-state index in [0.29, 0.717) is 5.56 Å². The van der Waals surface area contributed by atoms with Crippen molar-refractivity contribution < 1.29 is 9.90 Å². The molecule has 1 unspecified atom stereocenters. The van der Waals surface area contributed by atoms with Gasteiger partial charge in [-0.05, 0) is 6.92 Å². The molecule has 0 saturated heterocycles. The second-order valence-corrected chi connectivity index (χ2v) is 3.35. The molecule has 0 fully saturated rings. The van der Waals surface area contributed by atoms with Crippen LogP contribution in [0.1, 0.15) is 23.7 Å². The molecule has 1 rings (SSSR count). The molecule has 0 spiro atoms. The fourth-order valence-electron chi connectivity index (χ4n) is 1.08. The summed E-state index contributed by atoms with van der Waals surface area (Å²) >= 11 is 0. The first-order valence-electron chi connectivity index (χ1n) is 4.27. The fraction of sp³-hybridized carbons (Fsp3) is 0.273. The number of hydrogen-bond acceptors (Lipinski definition) is 3. The Bertz CT molecular complexity index is 363. The van der Waals surface area contributed by atoms with E-state index in [1.165, 1.54) is 6.92 Å². The summed E-state index contributed by atoms with van der Waals surface area (Å²) in [6, 6.07) is 10.3. The van der Waals surface area contributed by atoms with Gasteiger partial charge in [0.05, 0.1) is 12.5 Å². The number of Topliss-reactive ketones (excluding diaryl/α,β-unsaturated/α-hetero) is 1. The van der Waals surface area contributed by atoms with E-state index in [9.17, 15) is 9.90 Å². The van der Waals surface area contributed by atoms with Crippen LogP contribution in [0.25, 0.3) is 0 Å². The second-order valence-electron chi connectivity index (χ2n) is 3.35. The van der Waals surface area contributed by atoms with Gasteiger partial charge in [0.15, 0.2) is 11.4 Å². The number of benzene rings is 1. The van der Waals surface area contributed by atoms with Gasteiger partial charge in [-0.2, -0.15) is 5.26 Å². The number of aliphatic hydroxyl groups is 1. The number of carbonyl (C=O) groups excluding carboxylic acids is 1. The zero-order valence-electron chi connectivity index (χ0n) is 7.90. The van der Waals surface area contributed by atoms with Crippen molar-refractivity contribution in [3.63, 3.8) is 0 Å². The maximum absolute atomic E-state index is 11.5. The molecule has 3 nitrogen and oxygen atoms in total. The molecule has 1 aromatic carbocycles. The van der Waals surface area contributed by atoms with Gasteiger partial charge in [0, 0.05) is 5.56 Å². The van der Waals surface area contributed by atoms with Gasteiger partial charge in [-0.1, -0.05) is 30.3 Å². The minimum Gasteiger partial charge on any atom is -0.375 e. The van der Waals surface area contributed by atoms with Crippen molar-refractivity contribution in [1.29, 1.82) is 5.26 Å². The summed E-state index contributed by atoms with van der Waals surface area (Å²) in [6.45, 7) is 1.33. The van der Waals surface area contributed by atoms with Crippen molar-refractivity contribution in [2.45, 2.75) is 18.9 Å². The third kappa shape index (κ3) is 2.68. The molecule has 0 amide bonds. The quantitative estimate of drug-likeness (QED) is 0.579. The van der Waals surface area contributed by atoms with E-state index >= 15 is 0 Å². The average molecular weight is 189 g/mol. The Balaban J connectivity index is 2.75. The van der Waals surface area contributed by atoms with Crippen LogP contribution in [0, 0.1) is 11.3 Å². The predicted molar refractivity (Wildman–Crippen MR) is 51.6 cm³/mol. The number of nitrogens with zero attached hydrogens (tertiary/aromatic N) is 1. The van der Waals surface area contributed by atoms with Crippen LogP contribution in [0.2, 0.25) is 0 Å². The molecule has 72 valence electrons. The van der Waals surface area contributed by atoms with Crippen LogP contribution in [0.4, 0.5) is 0 Å². The Morgan fingerprint density at radius 1 is 1.50 bits per heavy atom. The molecule has 0 aliphatic carbocycles. The Morgan fingerprint density at radius 2 is 2.07 bits per heavy atom. The number of carbonyl (C=O) groups is 1. The number of nitriles is 1. The van der Waals surface area contributed by atoms with Crippen molar-refractivity contribution in [2.24, 2.45) is 0 Å². The molecule has 0 heterocycles. The first-order chi connectivity index (χ1) is 6.55. The zero-order valence-corrected chi connectivity index (χ0v) is 7.90. The summed E-state index contributed by atoms with van der Waals surface area (Å²) in [4.78, 5) is 11.5. The lowest BCUT2D eigenvalue weighted by molar-refractivity contribution is 0.0762. The summed E-state index contributed by atoms with van der Waals surface area (Å²) < 4.78 is 0. The van der Waals surface area contributed by atoms with Crippen LogP contribution in [0.15, 0.2) is 30.3 Å². The van der Waals surface area contributed by atoms with Crippen molar-refractivity contribution in [3.05, 3.63) is 35.9 Å². The van der Waals surface area contributed by atoms with Crippen LogP contribution in [0.5, 0.6) is 0 Å². The van der Waals surface area contributed by atoms with Crippen LogP contribution >= 0.6 is 0 Å². The number of ketones is 1. The molecule has 1 N–H and O–H groups in total. The zero-order chi connectivity index (χ0) is 10.6. The number of hydrogen-bond donors (Lipinski definition) is 1. The molecule has 1 atom stereocenters. The largest absolute Gasteiger partial charge is 0.375 e. The smallest absolute Gasteiger partial charge is 0.166 e. The lowest BCUT2D eigenvalue weighted by Gasteiger charge is -2.12. The maximum atomic E-state index is 11.5. The van der Waals surface area contributed by atoms with Gasteiger partial charge >= 0.3 is 0 Å². The van der Waals surface area contributed by atoms with E-state index in [4.69, 9.17) is 5.26 Å². The Labute approximate surface area is 82.6 Å². The normalized spacial score (nSPS) is 14.1. The lowest BCUT2D eigenvalue weighted by Crippen LogP contribution is -2.25. The molecule has 0 saturated carbocycles. The van der Waals surface area contributed by atoms with E-state index in [1.54, 1.807) is 36.4 Å². The topological polar surface area (TPSA) is 61.1 Å². The minimum absolute atomic E-state index is 0.173. The SMILES string of the molecule is CC(O)(C#N)CC(=O)c1ccccc1. The second kappa shape index (κ2) is 4.03. The van der Waals surface area contributed by atoms with Crippen molar-refractivity contribution in [3.8, 4) is 6.07 Å². The fourth-order valence-corrected chi connectivity index (χ4v) is 1.08. The standard InChI is InChI=1S/C11H11NO2/c1-11(14,8-12)7-10(13)9-5-3-2-4-6-9/h2-6,14H,7H2,1H3. The molecule has 0 aromatic heterocycles. The van der Waals surface area contributed by atoms with E-state index in [2.05, 4.69) is 0 Å². The molecular formula is C11H11NO2. The minimum atomic E-state index is -1.58. The van der Waals surface area contributed by atoms with Gasteiger partial charge in [-0.3, -0.25) is 4.79 Å². The molecule has 0 bridgehead atoms. The van der Waals surface area contributed by atoms with Crippen LogP contribution in [-0.4, -0.2) is 16.5 Å². The Hall–Kier alpha value is -1.66. The van der Waals surface area contributed by atoms with Gasteiger partial charge in [-0.25, -0.2) is 0 Å². The van der Waals surface area contributed by atoms with Crippen molar-refractivity contribution in [2.75, 3.05) is 0 Å². The van der Waals surface area contributed by atoms with Crippen LogP contribution < -0.4 is 0 Å². The molecule has 3 heteroatoms. The maximum Gasteiger partial charge on any atom is 0.166 e. The Morgan fingerprint density at radius 3 is 2.57 bits per heavy atom. The van der Waals surface area contributed by atoms with Gasteiger partial charge < -0.3 is 5.11 Å². The summed E-state index contributed by atoms with van der Waals surface area (Å²) in [7, 11) is 0. The van der Waals surface area contributed by atoms with Crippen molar-refractivity contribution >= 4 is 5.78 Å². The highest BCUT2D eigenvalue weighted by Crippen LogP contribution is 2.12. The molecule has 14 heavy (non-hydrogen) atoms. The van der Waals surface area contributed by atoms with Gasteiger partial charge in [-0.15, -0.1) is 0 Å². The summed E-state index contributed by atoms with van der Waals surface area (Å²) in [5.74, 6) is -0.225. The monoisotopic (exact) mass is 189 g/mol. The summed E-state index contributed by atoms with van der Waals surface area (Å²) in [5, 5.41) is 17.9. The third-order valence-corrected chi connectivity index (χ3v) is 1.84. The predicted octanol–water partition coefficient (Wildman–Crippen LogP) is 1.53. The molecular weight excluding hydrogens is 178 g/mol. The Kier molecular flexibility index (Phi) is 3.00. The van der Waals surface area contributed by atoms with E-state index in [-0.39, 0.29) is 12.2 Å². The highest BCUT2D eigenvalue weighted by molar-refractivity contribution is 5.96. The highest BCUT2D eigenvalue weighted by atomic mass is 16.3. The van der Waals surface area contributed by atoms with E-state index in [1.807, 2.05) is 0 Å². The van der Waals surface area contributed by atoms with Crippen molar-refractivity contribution in [1.82, 2.24) is 0 Å². The first kappa shape index (κ1) is 10.4. The van der Waals surface area contributed by atoms with E-state index in [0.717, 1.165) is 0 Å². The van der Waals surface area contributed by atoms with E-state index < -0.39 is 5.60 Å². The molecule has 0 aliphatic rings.